The van der Waals surface area contributed by atoms with Crippen LogP contribution in [0.5, 0.6) is 0 Å². The number of nitrogens with zero attached hydrogens (tertiary/aromatic N) is 2. The van der Waals surface area contributed by atoms with Gasteiger partial charge in [-0.15, -0.1) is 0 Å². The summed E-state index contributed by atoms with van der Waals surface area (Å²) in [5.74, 6) is 1.55. The van der Waals surface area contributed by atoms with Crippen LogP contribution in [0.15, 0.2) is 53.1 Å². The van der Waals surface area contributed by atoms with Crippen LogP contribution in [0, 0.1) is 5.92 Å². The highest BCUT2D eigenvalue weighted by molar-refractivity contribution is 5.75. The number of amides is 2. The minimum atomic E-state index is 0.0726. The second-order valence-corrected chi connectivity index (χ2v) is 7.37. The summed E-state index contributed by atoms with van der Waals surface area (Å²) in [6, 6.07) is 14.5. The van der Waals surface area contributed by atoms with Gasteiger partial charge in [0.2, 0.25) is 0 Å². The van der Waals surface area contributed by atoms with Gasteiger partial charge in [0, 0.05) is 26.2 Å². The molecule has 0 bridgehead atoms. The van der Waals surface area contributed by atoms with Crippen LogP contribution in [0.3, 0.4) is 0 Å². The van der Waals surface area contributed by atoms with Crippen molar-refractivity contribution in [2.24, 2.45) is 5.92 Å². The summed E-state index contributed by atoms with van der Waals surface area (Å²) in [5, 5.41) is 3.32. The molecule has 0 radical (unpaired) electrons. The number of urea groups is 1. The van der Waals surface area contributed by atoms with Crippen LogP contribution in [0.2, 0.25) is 0 Å². The van der Waals surface area contributed by atoms with Crippen LogP contribution in [-0.2, 0) is 6.54 Å². The molecule has 1 aromatic carbocycles. The molecule has 2 heterocycles. The molecule has 2 amide bonds. The van der Waals surface area contributed by atoms with Crippen LogP contribution < -0.4 is 5.32 Å². The Bertz CT molecular complexity index is 689. The van der Waals surface area contributed by atoms with Crippen LogP contribution >= 0.6 is 0 Å². The molecule has 0 spiro atoms. The Labute approximate surface area is 155 Å². The van der Waals surface area contributed by atoms with E-state index in [4.69, 9.17) is 4.42 Å². The minimum absolute atomic E-state index is 0.0726. The first-order chi connectivity index (χ1) is 12.8. The van der Waals surface area contributed by atoms with E-state index in [0.717, 1.165) is 38.5 Å². The Kier molecular flexibility index (Phi) is 5.25. The number of rotatable bonds is 5. The second-order valence-electron chi connectivity index (χ2n) is 7.37. The molecule has 1 aliphatic heterocycles. The van der Waals surface area contributed by atoms with Crippen molar-refractivity contribution in [2.45, 2.75) is 31.8 Å². The molecule has 1 unspecified atom stereocenters. The van der Waals surface area contributed by atoms with E-state index in [2.05, 4.69) is 34.5 Å². The van der Waals surface area contributed by atoms with Crippen molar-refractivity contribution in [1.82, 2.24) is 15.1 Å². The van der Waals surface area contributed by atoms with E-state index in [1.807, 2.05) is 23.1 Å². The zero-order valence-corrected chi connectivity index (χ0v) is 15.1. The number of piperazine rings is 1. The number of carbonyl (C=O) groups is 1. The SMILES string of the molecule is O=C(NC(c1ccccc1)C1CCC1)N1CCN(Cc2ccco2)CC1. The molecule has 2 aromatic rings. The summed E-state index contributed by atoms with van der Waals surface area (Å²) in [6.45, 7) is 4.11. The first kappa shape index (κ1) is 17.2. The Morgan fingerprint density at radius 2 is 1.85 bits per heavy atom. The molecule has 5 heteroatoms. The van der Waals surface area contributed by atoms with Crippen LogP contribution in [0.25, 0.3) is 0 Å². The van der Waals surface area contributed by atoms with Gasteiger partial charge in [-0.2, -0.15) is 0 Å². The van der Waals surface area contributed by atoms with Gasteiger partial charge in [-0.25, -0.2) is 4.79 Å². The van der Waals surface area contributed by atoms with E-state index in [1.54, 1.807) is 6.26 Å². The van der Waals surface area contributed by atoms with Gasteiger partial charge in [0.1, 0.15) is 5.76 Å². The predicted molar refractivity (Wildman–Crippen MR) is 101 cm³/mol. The van der Waals surface area contributed by atoms with Crippen LogP contribution in [-0.4, -0.2) is 42.0 Å². The van der Waals surface area contributed by atoms with Gasteiger partial charge >= 0.3 is 6.03 Å². The van der Waals surface area contributed by atoms with Crippen molar-refractivity contribution in [2.75, 3.05) is 26.2 Å². The molecule has 4 rings (SSSR count). The summed E-state index contributed by atoms with van der Waals surface area (Å²) >= 11 is 0. The van der Waals surface area contributed by atoms with E-state index in [1.165, 1.54) is 24.8 Å². The van der Waals surface area contributed by atoms with Crippen LogP contribution in [0.4, 0.5) is 4.79 Å². The number of nitrogens with one attached hydrogen (secondary N) is 1. The van der Waals surface area contributed by atoms with E-state index in [0.29, 0.717) is 5.92 Å². The fourth-order valence-electron chi connectivity index (χ4n) is 3.86. The van der Waals surface area contributed by atoms with Gasteiger partial charge in [0.05, 0.1) is 18.8 Å². The van der Waals surface area contributed by atoms with Crippen molar-refractivity contribution in [3.8, 4) is 0 Å². The molecule has 1 atom stereocenters. The van der Waals surface area contributed by atoms with E-state index in [-0.39, 0.29) is 12.1 Å². The lowest BCUT2D eigenvalue weighted by molar-refractivity contribution is 0.123. The van der Waals surface area contributed by atoms with Gasteiger partial charge in [0.25, 0.3) is 0 Å². The average molecular weight is 353 g/mol. The zero-order chi connectivity index (χ0) is 17.8. The smallest absolute Gasteiger partial charge is 0.317 e. The van der Waals surface area contributed by atoms with Gasteiger partial charge in [-0.3, -0.25) is 4.90 Å². The highest BCUT2D eigenvalue weighted by Crippen LogP contribution is 2.37. The van der Waals surface area contributed by atoms with Gasteiger partial charge in [-0.05, 0) is 36.5 Å². The van der Waals surface area contributed by atoms with Gasteiger partial charge < -0.3 is 14.6 Å². The van der Waals surface area contributed by atoms with Gasteiger partial charge in [-0.1, -0.05) is 36.8 Å². The minimum Gasteiger partial charge on any atom is -0.468 e. The predicted octanol–water partition coefficient (Wildman–Crippen LogP) is 3.65. The summed E-state index contributed by atoms with van der Waals surface area (Å²) in [5.41, 5.74) is 1.22. The van der Waals surface area contributed by atoms with Crippen molar-refractivity contribution in [1.29, 1.82) is 0 Å². The Balaban J connectivity index is 1.32. The third-order valence-corrected chi connectivity index (χ3v) is 5.68. The highest BCUT2D eigenvalue weighted by Gasteiger charge is 2.31. The monoisotopic (exact) mass is 353 g/mol. The Morgan fingerprint density at radius 3 is 2.46 bits per heavy atom. The maximum atomic E-state index is 12.8. The number of hydrogen-bond donors (Lipinski definition) is 1. The Morgan fingerprint density at radius 1 is 1.08 bits per heavy atom. The van der Waals surface area contributed by atoms with E-state index < -0.39 is 0 Å². The Hall–Kier alpha value is -2.27. The molecule has 138 valence electrons. The molecule has 1 aliphatic carbocycles. The van der Waals surface area contributed by atoms with Crippen LogP contribution in [0.1, 0.15) is 36.6 Å². The number of hydrogen-bond acceptors (Lipinski definition) is 3. The molecular weight excluding hydrogens is 326 g/mol. The number of carbonyl (C=O) groups excluding carboxylic acids is 1. The molecule has 1 saturated carbocycles. The first-order valence-corrected chi connectivity index (χ1v) is 9.65. The molecule has 1 N–H and O–H groups in total. The lowest BCUT2D eigenvalue weighted by atomic mass is 9.77. The fourth-order valence-corrected chi connectivity index (χ4v) is 3.86. The zero-order valence-electron chi connectivity index (χ0n) is 15.1. The summed E-state index contributed by atoms with van der Waals surface area (Å²) in [7, 11) is 0. The topological polar surface area (TPSA) is 48.7 Å². The third-order valence-electron chi connectivity index (χ3n) is 5.68. The number of benzene rings is 1. The summed E-state index contributed by atoms with van der Waals surface area (Å²) in [6.07, 6.45) is 5.39. The highest BCUT2D eigenvalue weighted by atomic mass is 16.3. The average Bonchev–Trinajstić information content (AvgIpc) is 3.14. The molecule has 1 saturated heterocycles. The maximum Gasteiger partial charge on any atom is 0.317 e. The maximum absolute atomic E-state index is 12.8. The molecule has 5 nitrogen and oxygen atoms in total. The lowest BCUT2D eigenvalue weighted by Crippen LogP contribution is -2.52. The van der Waals surface area contributed by atoms with Crippen molar-refractivity contribution in [3.05, 3.63) is 60.1 Å². The molecule has 1 aromatic heterocycles. The summed E-state index contributed by atoms with van der Waals surface area (Å²) in [4.78, 5) is 17.1. The van der Waals surface area contributed by atoms with E-state index in [9.17, 15) is 4.79 Å². The third kappa shape index (κ3) is 3.93. The van der Waals surface area contributed by atoms with Gasteiger partial charge in [0.15, 0.2) is 0 Å². The molecular formula is C21H27N3O2. The standard InChI is InChI=1S/C21H27N3O2/c25-21(22-20(18-8-4-9-18)17-6-2-1-3-7-17)24-13-11-23(12-14-24)16-19-10-5-15-26-19/h1-3,5-7,10,15,18,20H,4,8-9,11-14,16H2,(H,22,25). The second kappa shape index (κ2) is 7.96. The molecule has 2 fully saturated rings. The molecule has 2 aliphatic rings. The van der Waals surface area contributed by atoms with E-state index >= 15 is 0 Å². The number of furan rings is 1. The quantitative estimate of drug-likeness (QED) is 0.893. The summed E-state index contributed by atoms with van der Waals surface area (Å²) < 4.78 is 5.42. The van der Waals surface area contributed by atoms with Crippen molar-refractivity contribution in [3.63, 3.8) is 0 Å². The lowest BCUT2D eigenvalue weighted by Gasteiger charge is -2.38. The normalized spacial score (nSPS) is 19.8. The largest absolute Gasteiger partial charge is 0.468 e. The first-order valence-electron chi connectivity index (χ1n) is 9.65. The fraction of sp³-hybridized carbons (Fsp3) is 0.476. The van der Waals surface area contributed by atoms with Crippen molar-refractivity contribution >= 4 is 6.03 Å². The molecule has 26 heavy (non-hydrogen) atoms. The van der Waals surface area contributed by atoms with Crippen molar-refractivity contribution < 1.29 is 9.21 Å².